The van der Waals surface area contributed by atoms with Crippen LogP contribution in [0.5, 0.6) is 0 Å². The van der Waals surface area contributed by atoms with E-state index in [0.29, 0.717) is 24.5 Å². The largest absolute Gasteiger partial charge is 0.343 e. The Morgan fingerprint density at radius 2 is 2.00 bits per heavy atom. The van der Waals surface area contributed by atoms with Crippen LogP contribution < -0.4 is 4.90 Å². The number of amides is 1. The van der Waals surface area contributed by atoms with Crippen LogP contribution in [-0.2, 0) is 11.2 Å². The van der Waals surface area contributed by atoms with Crippen molar-refractivity contribution < 1.29 is 4.79 Å². The third-order valence-corrected chi connectivity index (χ3v) is 4.96. The molecule has 0 bridgehead atoms. The fraction of sp³-hybridized carbons (Fsp3) is 0.400. The van der Waals surface area contributed by atoms with Gasteiger partial charge in [0, 0.05) is 42.7 Å². The highest BCUT2D eigenvalue weighted by molar-refractivity contribution is 7.09. The summed E-state index contributed by atoms with van der Waals surface area (Å²) in [5, 5.41) is 1.59. The third kappa shape index (κ3) is 3.39. The fourth-order valence-corrected chi connectivity index (χ4v) is 3.41. The van der Waals surface area contributed by atoms with Gasteiger partial charge in [0.2, 0.25) is 11.0 Å². The summed E-state index contributed by atoms with van der Waals surface area (Å²) >= 11 is 7.53. The Kier molecular flexibility index (Phi) is 4.59. The quantitative estimate of drug-likeness (QED) is 0.863. The van der Waals surface area contributed by atoms with E-state index in [4.69, 9.17) is 11.6 Å². The molecule has 1 aromatic carbocycles. The molecule has 22 heavy (non-hydrogen) atoms. The molecule has 1 amide bonds. The van der Waals surface area contributed by atoms with E-state index in [-0.39, 0.29) is 5.91 Å². The van der Waals surface area contributed by atoms with Gasteiger partial charge in [0.05, 0.1) is 6.42 Å². The zero-order chi connectivity index (χ0) is 15.5. The van der Waals surface area contributed by atoms with Gasteiger partial charge in [-0.05, 0) is 18.6 Å². The van der Waals surface area contributed by atoms with E-state index >= 15 is 0 Å². The maximum absolute atomic E-state index is 12.4. The molecule has 0 saturated carbocycles. The summed E-state index contributed by atoms with van der Waals surface area (Å²) in [4.78, 5) is 20.9. The van der Waals surface area contributed by atoms with Crippen LogP contribution in [0.3, 0.4) is 0 Å². The van der Waals surface area contributed by atoms with Gasteiger partial charge in [0.15, 0.2) is 0 Å². The second-order valence-corrected chi connectivity index (χ2v) is 6.40. The number of aromatic nitrogens is 2. The Labute approximate surface area is 138 Å². The molecule has 7 heteroatoms. The maximum atomic E-state index is 12.4. The van der Waals surface area contributed by atoms with Gasteiger partial charge >= 0.3 is 0 Å². The van der Waals surface area contributed by atoms with Crippen molar-refractivity contribution in [1.29, 1.82) is 0 Å². The van der Waals surface area contributed by atoms with Gasteiger partial charge in [0.25, 0.3) is 0 Å². The molecule has 5 nitrogen and oxygen atoms in total. The van der Waals surface area contributed by atoms with Crippen molar-refractivity contribution in [2.45, 2.75) is 13.3 Å². The first-order valence-corrected chi connectivity index (χ1v) is 8.35. The van der Waals surface area contributed by atoms with E-state index in [1.54, 1.807) is 0 Å². The van der Waals surface area contributed by atoms with Crippen molar-refractivity contribution in [1.82, 2.24) is 14.3 Å². The van der Waals surface area contributed by atoms with E-state index in [2.05, 4.69) is 14.3 Å². The normalized spacial score (nSPS) is 15.2. The molecule has 0 spiro atoms. The number of nitrogens with zero attached hydrogens (tertiary/aromatic N) is 4. The molecule has 1 fully saturated rings. The summed E-state index contributed by atoms with van der Waals surface area (Å²) < 4.78 is 4.21. The van der Waals surface area contributed by atoms with E-state index in [1.807, 2.05) is 36.1 Å². The molecule has 2 aromatic rings. The van der Waals surface area contributed by atoms with Crippen LogP contribution in [0.25, 0.3) is 0 Å². The van der Waals surface area contributed by atoms with Crippen LogP contribution in [0, 0.1) is 6.92 Å². The molecule has 1 aliphatic rings. The van der Waals surface area contributed by atoms with Crippen LogP contribution in [0.15, 0.2) is 24.3 Å². The topological polar surface area (TPSA) is 49.3 Å². The molecule has 2 heterocycles. The van der Waals surface area contributed by atoms with Crippen molar-refractivity contribution in [2.75, 3.05) is 31.1 Å². The highest BCUT2D eigenvalue weighted by atomic mass is 35.5. The molecule has 0 unspecified atom stereocenters. The standard InChI is InChI=1S/C15H17ClN4OS/c1-11-17-15(22-18-11)20-8-6-19(7-9-20)14(21)10-12-4-2-3-5-13(12)16/h2-5H,6-10H2,1H3. The van der Waals surface area contributed by atoms with Crippen LogP contribution >= 0.6 is 23.1 Å². The number of piperazine rings is 1. The fourth-order valence-electron chi connectivity index (χ4n) is 2.48. The molecule has 0 atom stereocenters. The van der Waals surface area contributed by atoms with Gasteiger partial charge in [-0.2, -0.15) is 4.37 Å². The first-order valence-electron chi connectivity index (χ1n) is 7.20. The maximum Gasteiger partial charge on any atom is 0.227 e. The number of benzene rings is 1. The number of hydrogen-bond acceptors (Lipinski definition) is 5. The Balaban J connectivity index is 1.57. The summed E-state index contributed by atoms with van der Waals surface area (Å²) in [6.07, 6.45) is 0.359. The molecule has 0 aliphatic carbocycles. The van der Waals surface area contributed by atoms with Crippen LogP contribution in [0.2, 0.25) is 5.02 Å². The van der Waals surface area contributed by atoms with Crippen LogP contribution in [0.1, 0.15) is 11.4 Å². The SMILES string of the molecule is Cc1nsc(N2CCN(C(=O)Cc3ccccc3Cl)CC2)n1. The monoisotopic (exact) mass is 336 g/mol. The first kappa shape index (κ1) is 15.2. The minimum atomic E-state index is 0.126. The van der Waals surface area contributed by atoms with E-state index in [1.165, 1.54) is 11.5 Å². The van der Waals surface area contributed by atoms with Crippen molar-refractivity contribution in [3.63, 3.8) is 0 Å². The van der Waals surface area contributed by atoms with E-state index < -0.39 is 0 Å². The molecule has 116 valence electrons. The molecule has 0 radical (unpaired) electrons. The number of carbonyl (C=O) groups is 1. The predicted octanol–water partition coefficient (Wildman–Crippen LogP) is 2.39. The van der Waals surface area contributed by atoms with Gasteiger partial charge in [-0.3, -0.25) is 4.79 Å². The van der Waals surface area contributed by atoms with Gasteiger partial charge < -0.3 is 9.80 Å². The Bertz CT molecular complexity index is 667. The lowest BCUT2D eigenvalue weighted by Crippen LogP contribution is -2.49. The van der Waals surface area contributed by atoms with Crippen LogP contribution in [0.4, 0.5) is 5.13 Å². The van der Waals surface area contributed by atoms with Gasteiger partial charge in [0.1, 0.15) is 5.82 Å². The molecular weight excluding hydrogens is 320 g/mol. The Morgan fingerprint density at radius 1 is 1.27 bits per heavy atom. The Hall–Kier alpha value is -1.66. The molecule has 1 aliphatic heterocycles. The Morgan fingerprint density at radius 3 is 2.64 bits per heavy atom. The molecule has 0 N–H and O–H groups in total. The summed E-state index contributed by atoms with van der Waals surface area (Å²) in [6.45, 7) is 4.90. The lowest BCUT2D eigenvalue weighted by Gasteiger charge is -2.34. The third-order valence-electron chi connectivity index (χ3n) is 3.72. The average Bonchev–Trinajstić information content (AvgIpc) is 2.96. The second-order valence-electron chi connectivity index (χ2n) is 5.26. The number of carbonyl (C=O) groups excluding carboxylic acids is 1. The van der Waals surface area contributed by atoms with Gasteiger partial charge in [-0.25, -0.2) is 4.98 Å². The van der Waals surface area contributed by atoms with Gasteiger partial charge in [-0.15, -0.1) is 0 Å². The zero-order valence-corrected chi connectivity index (χ0v) is 13.9. The van der Waals surface area contributed by atoms with E-state index in [0.717, 1.165) is 29.6 Å². The summed E-state index contributed by atoms with van der Waals surface area (Å²) in [7, 11) is 0. The second kappa shape index (κ2) is 6.62. The average molecular weight is 337 g/mol. The number of rotatable bonds is 3. The van der Waals surface area contributed by atoms with Crippen molar-refractivity contribution in [2.24, 2.45) is 0 Å². The molecule has 1 aromatic heterocycles. The number of hydrogen-bond donors (Lipinski definition) is 0. The summed E-state index contributed by atoms with van der Waals surface area (Å²) in [5.74, 6) is 0.929. The summed E-state index contributed by atoms with van der Waals surface area (Å²) in [5.41, 5.74) is 0.886. The molecule has 1 saturated heterocycles. The first-order chi connectivity index (χ1) is 10.6. The van der Waals surface area contributed by atoms with Crippen LogP contribution in [-0.4, -0.2) is 46.3 Å². The number of aryl methyl sites for hydroxylation is 1. The smallest absolute Gasteiger partial charge is 0.227 e. The van der Waals surface area contributed by atoms with Gasteiger partial charge in [-0.1, -0.05) is 29.8 Å². The lowest BCUT2D eigenvalue weighted by atomic mass is 10.1. The predicted molar refractivity (Wildman–Crippen MR) is 88.6 cm³/mol. The van der Waals surface area contributed by atoms with Crippen molar-refractivity contribution in [3.05, 3.63) is 40.7 Å². The van der Waals surface area contributed by atoms with Crippen molar-refractivity contribution in [3.8, 4) is 0 Å². The van der Waals surface area contributed by atoms with E-state index in [9.17, 15) is 4.79 Å². The zero-order valence-electron chi connectivity index (χ0n) is 12.3. The highest BCUT2D eigenvalue weighted by Gasteiger charge is 2.23. The molecule has 3 rings (SSSR count). The highest BCUT2D eigenvalue weighted by Crippen LogP contribution is 2.20. The summed E-state index contributed by atoms with van der Waals surface area (Å²) in [6, 6.07) is 7.50. The minimum absolute atomic E-state index is 0.126. The van der Waals surface area contributed by atoms with Crippen molar-refractivity contribution >= 4 is 34.2 Å². The number of anilines is 1. The molecular formula is C15H17ClN4OS. The number of halogens is 1. The minimum Gasteiger partial charge on any atom is -0.343 e. The lowest BCUT2D eigenvalue weighted by molar-refractivity contribution is -0.130.